The van der Waals surface area contributed by atoms with E-state index in [1.54, 1.807) is 4.90 Å². The average Bonchev–Trinajstić information content (AvgIpc) is 3.59. The highest BCUT2D eigenvalue weighted by Crippen LogP contribution is 2.39. The Labute approximate surface area is 228 Å². The molecule has 0 aliphatic carbocycles. The number of piperidine rings is 1. The number of nitrogens with zero attached hydrogens (tertiary/aromatic N) is 3. The minimum Gasteiger partial charge on any atom is -0.376 e. The van der Waals surface area contributed by atoms with E-state index in [1.165, 1.54) is 0 Å². The van der Waals surface area contributed by atoms with Crippen molar-refractivity contribution in [2.24, 2.45) is 0 Å². The number of benzene rings is 3. The first-order chi connectivity index (χ1) is 19.0. The van der Waals surface area contributed by atoms with Crippen LogP contribution >= 0.6 is 0 Å². The summed E-state index contributed by atoms with van der Waals surface area (Å²) in [6.07, 6.45) is 3.03. The maximum absolute atomic E-state index is 13.9. The molecule has 0 saturated carbocycles. The molecule has 3 saturated heterocycles. The molecule has 3 heterocycles. The van der Waals surface area contributed by atoms with E-state index in [2.05, 4.69) is 10.2 Å². The van der Waals surface area contributed by atoms with E-state index in [0.717, 1.165) is 35.9 Å². The van der Waals surface area contributed by atoms with Crippen molar-refractivity contribution in [3.05, 3.63) is 78.4 Å². The Balaban J connectivity index is 1.17. The molecule has 1 unspecified atom stereocenters. The van der Waals surface area contributed by atoms with Crippen LogP contribution in [0.25, 0.3) is 10.8 Å². The van der Waals surface area contributed by atoms with Gasteiger partial charge in [-0.25, -0.2) is 0 Å². The largest absolute Gasteiger partial charge is 0.376 e. The van der Waals surface area contributed by atoms with Gasteiger partial charge in [0.15, 0.2) is 0 Å². The Morgan fingerprint density at radius 1 is 0.949 bits per heavy atom. The van der Waals surface area contributed by atoms with Crippen molar-refractivity contribution in [2.45, 2.75) is 37.3 Å². The standard InChI is InChI=1S/C31H34N4O4/c36-28(32-20-27-11-6-18-39-27)21-34-22-35(26-9-2-1-3-10-26)31(30(34)38)14-16-33(17-15-31)29(37)25-13-12-23-7-4-5-8-24(23)19-25/h1-5,7-10,12-13,19,27H,6,11,14-18,20-22H2,(H,32,36). The molecule has 3 amide bonds. The number of likely N-dealkylation sites (tertiary alicyclic amines) is 1. The predicted octanol–water partition coefficient (Wildman–Crippen LogP) is 3.42. The van der Waals surface area contributed by atoms with Gasteiger partial charge in [-0.1, -0.05) is 48.5 Å². The fourth-order valence-corrected chi connectivity index (χ4v) is 6.17. The Morgan fingerprint density at radius 3 is 2.44 bits per heavy atom. The third-order valence-electron chi connectivity index (χ3n) is 8.34. The number of fused-ring (bicyclic) bond motifs is 1. The van der Waals surface area contributed by atoms with E-state index >= 15 is 0 Å². The summed E-state index contributed by atoms with van der Waals surface area (Å²) in [5.74, 6) is -0.234. The van der Waals surface area contributed by atoms with Crippen LogP contribution in [0, 0.1) is 0 Å². The van der Waals surface area contributed by atoms with Gasteiger partial charge >= 0.3 is 0 Å². The van der Waals surface area contributed by atoms with Gasteiger partial charge in [-0.2, -0.15) is 0 Å². The summed E-state index contributed by atoms with van der Waals surface area (Å²) in [5, 5.41) is 5.07. The number of amides is 3. The van der Waals surface area contributed by atoms with Crippen LogP contribution in [0.5, 0.6) is 0 Å². The molecule has 8 nitrogen and oxygen atoms in total. The van der Waals surface area contributed by atoms with Gasteiger partial charge in [-0.05, 0) is 60.7 Å². The highest BCUT2D eigenvalue weighted by molar-refractivity contribution is 6.00. The molecule has 1 atom stereocenters. The molecule has 202 valence electrons. The molecule has 6 rings (SSSR count). The summed E-state index contributed by atoms with van der Waals surface area (Å²) in [6, 6.07) is 23.7. The molecule has 3 aliphatic heterocycles. The van der Waals surface area contributed by atoms with Crippen molar-refractivity contribution in [3.63, 3.8) is 0 Å². The molecular weight excluding hydrogens is 492 g/mol. The van der Waals surface area contributed by atoms with Gasteiger partial charge in [0.25, 0.3) is 11.8 Å². The number of carbonyl (C=O) groups excluding carboxylic acids is 3. The zero-order valence-electron chi connectivity index (χ0n) is 22.1. The zero-order chi connectivity index (χ0) is 26.8. The maximum atomic E-state index is 13.9. The van der Waals surface area contributed by atoms with E-state index in [1.807, 2.05) is 77.7 Å². The lowest BCUT2D eigenvalue weighted by molar-refractivity contribution is -0.137. The Morgan fingerprint density at radius 2 is 1.69 bits per heavy atom. The molecule has 0 radical (unpaired) electrons. The van der Waals surface area contributed by atoms with Crippen LogP contribution in [0.1, 0.15) is 36.0 Å². The van der Waals surface area contributed by atoms with Gasteiger partial charge in [0.1, 0.15) is 12.1 Å². The van der Waals surface area contributed by atoms with E-state index in [0.29, 0.717) is 44.7 Å². The fraction of sp³-hybridized carbons (Fsp3) is 0.387. The van der Waals surface area contributed by atoms with Crippen molar-refractivity contribution in [3.8, 4) is 0 Å². The zero-order valence-corrected chi connectivity index (χ0v) is 22.1. The topological polar surface area (TPSA) is 82.2 Å². The van der Waals surface area contributed by atoms with Crippen LogP contribution in [0.15, 0.2) is 72.8 Å². The number of hydrogen-bond donors (Lipinski definition) is 1. The molecule has 3 fully saturated rings. The monoisotopic (exact) mass is 526 g/mol. The molecule has 0 bridgehead atoms. The molecule has 1 spiro atoms. The van der Waals surface area contributed by atoms with E-state index in [4.69, 9.17) is 4.74 Å². The number of para-hydroxylation sites is 1. The van der Waals surface area contributed by atoms with E-state index < -0.39 is 5.54 Å². The highest BCUT2D eigenvalue weighted by Gasteiger charge is 2.54. The average molecular weight is 527 g/mol. The highest BCUT2D eigenvalue weighted by atomic mass is 16.5. The van der Waals surface area contributed by atoms with Gasteiger partial charge in [0, 0.05) is 37.5 Å². The molecule has 3 aromatic carbocycles. The quantitative estimate of drug-likeness (QED) is 0.532. The van der Waals surface area contributed by atoms with Gasteiger partial charge in [-0.3, -0.25) is 14.4 Å². The first kappa shape index (κ1) is 25.4. The second-order valence-electron chi connectivity index (χ2n) is 10.7. The third kappa shape index (κ3) is 4.96. The number of carbonyl (C=O) groups is 3. The van der Waals surface area contributed by atoms with Crippen molar-refractivity contribution in [1.29, 1.82) is 0 Å². The van der Waals surface area contributed by atoms with Crippen LogP contribution in [0.4, 0.5) is 5.69 Å². The number of ether oxygens (including phenoxy) is 1. The van der Waals surface area contributed by atoms with Gasteiger partial charge in [-0.15, -0.1) is 0 Å². The molecule has 0 aromatic heterocycles. The van der Waals surface area contributed by atoms with E-state index in [-0.39, 0.29) is 30.4 Å². The van der Waals surface area contributed by atoms with Crippen molar-refractivity contribution in [2.75, 3.05) is 44.4 Å². The minimum atomic E-state index is -0.781. The summed E-state index contributed by atoms with van der Waals surface area (Å²) in [4.78, 5) is 45.8. The fourth-order valence-electron chi connectivity index (χ4n) is 6.17. The Hall–Kier alpha value is -3.91. The van der Waals surface area contributed by atoms with Crippen molar-refractivity contribution in [1.82, 2.24) is 15.1 Å². The lowest BCUT2D eigenvalue weighted by atomic mass is 9.85. The SMILES string of the molecule is O=C(CN1CN(c2ccccc2)C2(CCN(C(=O)c3ccc4ccccc4c3)CC2)C1=O)NCC1CCCO1. The summed E-state index contributed by atoms with van der Waals surface area (Å²) in [6.45, 7) is 2.51. The Kier molecular flexibility index (Phi) is 6.95. The maximum Gasteiger partial charge on any atom is 0.253 e. The van der Waals surface area contributed by atoms with Gasteiger partial charge in [0.2, 0.25) is 5.91 Å². The summed E-state index contributed by atoms with van der Waals surface area (Å²) in [5.41, 5.74) is 0.824. The van der Waals surface area contributed by atoms with Crippen LogP contribution in [0.3, 0.4) is 0 Å². The van der Waals surface area contributed by atoms with Crippen LogP contribution < -0.4 is 10.2 Å². The van der Waals surface area contributed by atoms with Crippen LogP contribution in [0.2, 0.25) is 0 Å². The second-order valence-corrected chi connectivity index (χ2v) is 10.7. The van der Waals surface area contributed by atoms with Crippen molar-refractivity contribution < 1.29 is 19.1 Å². The lowest BCUT2D eigenvalue weighted by Crippen LogP contribution is -2.57. The molecule has 39 heavy (non-hydrogen) atoms. The molecular formula is C31H34N4O4. The molecule has 3 aliphatic rings. The summed E-state index contributed by atoms with van der Waals surface area (Å²) in [7, 11) is 0. The summed E-state index contributed by atoms with van der Waals surface area (Å²) >= 11 is 0. The third-order valence-corrected chi connectivity index (χ3v) is 8.34. The minimum absolute atomic E-state index is 0.0103. The normalized spacial score (nSPS) is 20.7. The van der Waals surface area contributed by atoms with Gasteiger partial charge < -0.3 is 24.8 Å². The number of hydrogen-bond acceptors (Lipinski definition) is 5. The molecule has 8 heteroatoms. The smallest absolute Gasteiger partial charge is 0.253 e. The predicted molar refractivity (Wildman–Crippen MR) is 149 cm³/mol. The summed E-state index contributed by atoms with van der Waals surface area (Å²) < 4.78 is 5.61. The molecule has 3 aromatic rings. The second kappa shape index (κ2) is 10.7. The first-order valence-electron chi connectivity index (χ1n) is 13.8. The molecule has 1 N–H and O–H groups in total. The first-order valence-corrected chi connectivity index (χ1v) is 13.8. The van der Waals surface area contributed by atoms with Crippen LogP contribution in [-0.2, 0) is 14.3 Å². The van der Waals surface area contributed by atoms with Crippen molar-refractivity contribution >= 4 is 34.2 Å². The number of anilines is 1. The van der Waals surface area contributed by atoms with Crippen LogP contribution in [-0.4, -0.2) is 78.6 Å². The van der Waals surface area contributed by atoms with E-state index in [9.17, 15) is 14.4 Å². The van der Waals surface area contributed by atoms with Gasteiger partial charge in [0.05, 0.1) is 12.8 Å². The number of nitrogens with one attached hydrogen (secondary N) is 1. The Bertz CT molecular complexity index is 1360. The number of rotatable bonds is 6. The lowest BCUT2D eigenvalue weighted by Gasteiger charge is -2.43.